The molecule has 0 aliphatic carbocycles. The number of aliphatic carboxylic acids is 1. The molecule has 3 N–H and O–H groups in total. The van der Waals surface area contributed by atoms with Crippen LogP contribution in [-0.4, -0.2) is 34.5 Å². The molecule has 0 spiro atoms. The number of nitrogens with two attached hydrogens (primary N) is 1. The molecule has 108 valence electrons. The van der Waals surface area contributed by atoms with Crippen molar-refractivity contribution in [2.45, 2.75) is 38.3 Å². The number of fused-ring (bicyclic) bond motifs is 1. The Morgan fingerprint density at radius 1 is 1.25 bits per heavy atom. The molecule has 5 nitrogen and oxygen atoms in total. The summed E-state index contributed by atoms with van der Waals surface area (Å²) in [6.45, 7) is 0.938. The van der Waals surface area contributed by atoms with Crippen LogP contribution in [0.5, 0.6) is 0 Å². The van der Waals surface area contributed by atoms with Gasteiger partial charge in [-0.25, -0.2) is 4.79 Å². The fourth-order valence-corrected chi connectivity index (χ4v) is 2.57. The lowest BCUT2D eigenvalue weighted by molar-refractivity contribution is -0.151. The monoisotopic (exact) mass is 276 g/mol. The van der Waals surface area contributed by atoms with E-state index in [4.69, 9.17) is 5.73 Å². The van der Waals surface area contributed by atoms with Crippen LogP contribution in [0.1, 0.15) is 30.4 Å². The van der Waals surface area contributed by atoms with Crippen molar-refractivity contribution in [2.24, 2.45) is 5.73 Å². The third-order valence-corrected chi connectivity index (χ3v) is 3.70. The highest BCUT2D eigenvalue weighted by Gasteiger charge is 2.33. The normalized spacial score (nSPS) is 17.6. The Labute approximate surface area is 118 Å². The first kappa shape index (κ1) is 14.5. The fourth-order valence-electron chi connectivity index (χ4n) is 2.57. The zero-order valence-electron chi connectivity index (χ0n) is 11.4. The van der Waals surface area contributed by atoms with Crippen LogP contribution in [0.4, 0.5) is 0 Å². The molecule has 1 amide bonds. The zero-order chi connectivity index (χ0) is 14.5. The van der Waals surface area contributed by atoms with Gasteiger partial charge in [0.15, 0.2) is 0 Å². The molecule has 1 heterocycles. The van der Waals surface area contributed by atoms with Gasteiger partial charge in [0.1, 0.15) is 6.04 Å². The molecular weight excluding hydrogens is 256 g/mol. The summed E-state index contributed by atoms with van der Waals surface area (Å²) in [6, 6.07) is 6.94. The fraction of sp³-hybridized carbons (Fsp3) is 0.467. The summed E-state index contributed by atoms with van der Waals surface area (Å²) in [5.74, 6) is -1.04. The minimum Gasteiger partial charge on any atom is -0.480 e. The van der Waals surface area contributed by atoms with Crippen LogP contribution < -0.4 is 5.73 Å². The van der Waals surface area contributed by atoms with Crippen molar-refractivity contribution >= 4 is 11.9 Å². The summed E-state index contributed by atoms with van der Waals surface area (Å²) in [6.07, 6.45) is 2.24. The number of benzene rings is 1. The molecule has 2 rings (SSSR count). The Bertz CT molecular complexity index is 502. The van der Waals surface area contributed by atoms with Crippen molar-refractivity contribution in [3.05, 3.63) is 35.4 Å². The van der Waals surface area contributed by atoms with E-state index < -0.39 is 12.0 Å². The van der Waals surface area contributed by atoms with Gasteiger partial charge in [-0.2, -0.15) is 0 Å². The molecule has 1 aromatic carbocycles. The van der Waals surface area contributed by atoms with E-state index in [-0.39, 0.29) is 5.91 Å². The largest absolute Gasteiger partial charge is 0.480 e. The quantitative estimate of drug-likeness (QED) is 0.790. The summed E-state index contributed by atoms with van der Waals surface area (Å²) in [5, 5.41) is 9.34. The topological polar surface area (TPSA) is 83.6 Å². The van der Waals surface area contributed by atoms with Gasteiger partial charge in [0.05, 0.1) is 0 Å². The van der Waals surface area contributed by atoms with Gasteiger partial charge in [-0.3, -0.25) is 4.79 Å². The highest BCUT2D eigenvalue weighted by atomic mass is 16.4. The maximum atomic E-state index is 12.2. The van der Waals surface area contributed by atoms with E-state index in [0.717, 1.165) is 17.5 Å². The van der Waals surface area contributed by atoms with Crippen LogP contribution in [0.3, 0.4) is 0 Å². The second-order valence-corrected chi connectivity index (χ2v) is 5.09. The van der Waals surface area contributed by atoms with Crippen molar-refractivity contribution in [1.82, 2.24) is 4.90 Å². The van der Waals surface area contributed by atoms with E-state index in [2.05, 4.69) is 0 Å². The highest BCUT2D eigenvalue weighted by Crippen LogP contribution is 2.24. The number of nitrogens with zero attached hydrogens (tertiary/aromatic N) is 1. The third kappa shape index (κ3) is 3.17. The number of hydrogen-bond acceptors (Lipinski definition) is 3. The molecular formula is C15H20N2O3. The highest BCUT2D eigenvalue weighted by molar-refractivity contribution is 5.84. The number of amides is 1. The molecule has 1 aliphatic rings. The number of rotatable bonds is 5. The van der Waals surface area contributed by atoms with E-state index in [1.165, 1.54) is 4.90 Å². The molecule has 0 fully saturated rings. The molecule has 1 atom stereocenters. The predicted octanol–water partition coefficient (Wildman–Crippen LogP) is 1.15. The van der Waals surface area contributed by atoms with Gasteiger partial charge in [0, 0.05) is 19.4 Å². The number of carbonyl (C=O) groups excluding carboxylic acids is 1. The van der Waals surface area contributed by atoms with Crippen molar-refractivity contribution in [2.75, 3.05) is 6.54 Å². The molecule has 0 radical (unpaired) electrons. The van der Waals surface area contributed by atoms with E-state index in [1.54, 1.807) is 0 Å². The second-order valence-electron chi connectivity index (χ2n) is 5.09. The van der Waals surface area contributed by atoms with Crippen molar-refractivity contribution < 1.29 is 14.7 Å². The van der Waals surface area contributed by atoms with E-state index in [0.29, 0.717) is 32.4 Å². The lowest BCUT2D eigenvalue weighted by Gasteiger charge is -2.34. The summed E-state index contributed by atoms with van der Waals surface area (Å²) < 4.78 is 0. The average Bonchev–Trinajstić information content (AvgIpc) is 2.46. The van der Waals surface area contributed by atoms with Crippen LogP contribution >= 0.6 is 0 Å². The molecule has 20 heavy (non-hydrogen) atoms. The van der Waals surface area contributed by atoms with Gasteiger partial charge >= 0.3 is 5.97 Å². The molecule has 0 bridgehead atoms. The van der Waals surface area contributed by atoms with Crippen LogP contribution in [0.2, 0.25) is 0 Å². The number of carbonyl (C=O) groups is 2. The van der Waals surface area contributed by atoms with Gasteiger partial charge in [-0.05, 0) is 30.5 Å². The van der Waals surface area contributed by atoms with E-state index >= 15 is 0 Å². The Balaban J connectivity index is 2.13. The van der Waals surface area contributed by atoms with Crippen LogP contribution in [-0.2, 0) is 22.6 Å². The first-order valence-electron chi connectivity index (χ1n) is 6.92. The summed E-state index contributed by atoms with van der Waals surface area (Å²) in [5.41, 5.74) is 7.47. The van der Waals surface area contributed by atoms with Crippen molar-refractivity contribution in [3.8, 4) is 0 Å². The number of unbranched alkanes of at least 4 members (excludes halogenated alkanes) is 1. The molecule has 1 aliphatic heterocycles. The molecule has 0 unspecified atom stereocenters. The number of hydrogen-bond donors (Lipinski definition) is 2. The lowest BCUT2D eigenvalue weighted by Crippen LogP contribution is -2.48. The third-order valence-electron chi connectivity index (χ3n) is 3.70. The SMILES string of the molecule is NCCCCC(=O)N1Cc2ccccc2C[C@@H]1C(=O)O. The van der Waals surface area contributed by atoms with Gasteiger partial charge < -0.3 is 15.7 Å². The molecule has 0 saturated heterocycles. The van der Waals surface area contributed by atoms with Gasteiger partial charge in [0.2, 0.25) is 5.91 Å². The number of carboxylic acid groups (broad SMARTS) is 1. The number of carboxylic acids is 1. The average molecular weight is 276 g/mol. The molecule has 5 heteroatoms. The first-order valence-corrected chi connectivity index (χ1v) is 6.92. The smallest absolute Gasteiger partial charge is 0.326 e. The maximum absolute atomic E-state index is 12.2. The van der Waals surface area contributed by atoms with Crippen LogP contribution in [0.25, 0.3) is 0 Å². The summed E-state index contributed by atoms with van der Waals surface area (Å²) in [7, 11) is 0. The Morgan fingerprint density at radius 2 is 1.95 bits per heavy atom. The molecule has 0 saturated carbocycles. The molecule has 1 aromatic rings. The van der Waals surface area contributed by atoms with Gasteiger partial charge in [0.25, 0.3) is 0 Å². The maximum Gasteiger partial charge on any atom is 0.326 e. The van der Waals surface area contributed by atoms with E-state index in [1.807, 2.05) is 24.3 Å². The minimum absolute atomic E-state index is 0.0969. The van der Waals surface area contributed by atoms with Gasteiger partial charge in [-0.1, -0.05) is 24.3 Å². The van der Waals surface area contributed by atoms with Crippen LogP contribution in [0.15, 0.2) is 24.3 Å². The van der Waals surface area contributed by atoms with Crippen molar-refractivity contribution in [3.63, 3.8) is 0 Å². The Morgan fingerprint density at radius 3 is 2.60 bits per heavy atom. The standard InChI is InChI=1S/C15H20N2O3/c16-8-4-3-7-14(18)17-10-12-6-2-1-5-11(12)9-13(17)15(19)20/h1-2,5-6,13H,3-4,7-10,16H2,(H,19,20)/t13-/m1/s1. The van der Waals surface area contributed by atoms with E-state index in [9.17, 15) is 14.7 Å². The second kappa shape index (κ2) is 6.52. The van der Waals surface area contributed by atoms with Gasteiger partial charge in [-0.15, -0.1) is 0 Å². The predicted molar refractivity (Wildman–Crippen MR) is 75.0 cm³/mol. The Hall–Kier alpha value is -1.88. The zero-order valence-corrected chi connectivity index (χ0v) is 11.4. The van der Waals surface area contributed by atoms with Crippen molar-refractivity contribution in [1.29, 1.82) is 0 Å². The minimum atomic E-state index is -0.938. The lowest BCUT2D eigenvalue weighted by atomic mass is 9.93. The summed E-state index contributed by atoms with van der Waals surface area (Å²) in [4.78, 5) is 25.1. The summed E-state index contributed by atoms with van der Waals surface area (Å²) >= 11 is 0. The van der Waals surface area contributed by atoms with Crippen LogP contribution in [0, 0.1) is 0 Å². The molecule has 0 aromatic heterocycles. The first-order chi connectivity index (χ1) is 9.63. The Kier molecular flexibility index (Phi) is 4.74.